The van der Waals surface area contributed by atoms with Gasteiger partial charge in [0.05, 0.1) is 5.52 Å². The average molecular weight is 290 g/mol. The molecule has 0 aliphatic rings. The number of rotatable bonds is 3. The number of phenolic OH excluding ortho intramolecular Hbond substituents is 1. The molecule has 3 aromatic rings. The van der Waals surface area contributed by atoms with Crippen LogP contribution in [0.4, 0.5) is 5.69 Å². The summed E-state index contributed by atoms with van der Waals surface area (Å²) in [5, 5.41) is 11.2. The molecule has 0 saturated heterocycles. The Kier molecular flexibility index (Phi) is 3.79. The van der Waals surface area contributed by atoms with E-state index in [0.29, 0.717) is 0 Å². The van der Waals surface area contributed by atoms with Gasteiger partial charge in [0.15, 0.2) is 0 Å². The normalized spacial score (nSPS) is 11.2. The zero-order valence-electron chi connectivity index (χ0n) is 12.7. The first-order valence-corrected chi connectivity index (χ1v) is 7.17. The Balaban J connectivity index is 1.96. The SMILES string of the molecule is CN(C)c1ccc(C=Cc2ccnc3ccccc23)c(O)c1. The Morgan fingerprint density at radius 3 is 2.50 bits per heavy atom. The monoisotopic (exact) mass is 290 g/mol. The molecule has 0 saturated carbocycles. The fraction of sp³-hybridized carbons (Fsp3) is 0.105. The summed E-state index contributed by atoms with van der Waals surface area (Å²) in [4.78, 5) is 6.32. The summed E-state index contributed by atoms with van der Waals surface area (Å²) in [7, 11) is 3.90. The van der Waals surface area contributed by atoms with E-state index < -0.39 is 0 Å². The molecular weight excluding hydrogens is 272 g/mol. The summed E-state index contributed by atoms with van der Waals surface area (Å²) in [5.41, 5.74) is 3.83. The van der Waals surface area contributed by atoms with E-state index in [9.17, 15) is 5.11 Å². The number of hydrogen-bond donors (Lipinski definition) is 1. The summed E-state index contributed by atoms with van der Waals surface area (Å²) in [6.45, 7) is 0. The van der Waals surface area contributed by atoms with Crippen LogP contribution >= 0.6 is 0 Å². The number of phenols is 1. The lowest BCUT2D eigenvalue weighted by atomic mass is 10.1. The van der Waals surface area contributed by atoms with Crippen LogP contribution in [0.3, 0.4) is 0 Å². The van der Waals surface area contributed by atoms with Crippen LogP contribution < -0.4 is 4.90 Å². The van der Waals surface area contributed by atoms with E-state index >= 15 is 0 Å². The molecule has 1 N–H and O–H groups in total. The minimum Gasteiger partial charge on any atom is -0.507 e. The van der Waals surface area contributed by atoms with Crippen molar-refractivity contribution in [2.75, 3.05) is 19.0 Å². The standard InChI is InChI=1S/C19H18N2O/c1-21(2)16-10-9-15(19(22)13-16)8-7-14-11-12-20-18-6-4-3-5-17(14)18/h3-13,22H,1-2H3. The molecule has 0 spiro atoms. The molecular formula is C19H18N2O. The van der Waals surface area contributed by atoms with Crippen molar-refractivity contribution in [3.05, 3.63) is 65.9 Å². The zero-order valence-corrected chi connectivity index (χ0v) is 12.7. The van der Waals surface area contributed by atoms with Gasteiger partial charge >= 0.3 is 0 Å². The lowest BCUT2D eigenvalue weighted by molar-refractivity contribution is 0.474. The first-order valence-electron chi connectivity index (χ1n) is 7.17. The highest BCUT2D eigenvalue weighted by Gasteiger charge is 2.02. The molecule has 1 aromatic heterocycles. The second-order valence-corrected chi connectivity index (χ2v) is 5.39. The maximum Gasteiger partial charge on any atom is 0.124 e. The molecule has 0 unspecified atom stereocenters. The van der Waals surface area contributed by atoms with Gasteiger partial charge in [-0.1, -0.05) is 30.4 Å². The number of aromatic nitrogens is 1. The number of anilines is 1. The summed E-state index contributed by atoms with van der Waals surface area (Å²) >= 11 is 0. The van der Waals surface area contributed by atoms with E-state index in [1.54, 1.807) is 12.3 Å². The van der Waals surface area contributed by atoms with Crippen LogP contribution in [0.15, 0.2) is 54.7 Å². The highest BCUT2D eigenvalue weighted by Crippen LogP contribution is 2.26. The van der Waals surface area contributed by atoms with Crippen molar-refractivity contribution in [1.29, 1.82) is 0 Å². The van der Waals surface area contributed by atoms with Gasteiger partial charge in [0.1, 0.15) is 5.75 Å². The van der Waals surface area contributed by atoms with Crippen LogP contribution in [0.25, 0.3) is 23.1 Å². The topological polar surface area (TPSA) is 36.4 Å². The van der Waals surface area contributed by atoms with Gasteiger partial charge < -0.3 is 10.0 Å². The zero-order chi connectivity index (χ0) is 15.5. The minimum atomic E-state index is 0.279. The number of aromatic hydroxyl groups is 1. The first kappa shape index (κ1) is 14.1. The molecule has 1 heterocycles. The predicted octanol–water partition coefficient (Wildman–Crippen LogP) is 4.18. The molecule has 0 bridgehead atoms. The predicted molar refractivity (Wildman–Crippen MR) is 93.1 cm³/mol. The summed E-state index contributed by atoms with van der Waals surface area (Å²) in [6.07, 6.45) is 5.74. The Morgan fingerprint density at radius 2 is 1.73 bits per heavy atom. The van der Waals surface area contributed by atoms with Crippen molar-refractivity contribution in [2.24, 2.45) is 0 Å². The van der Waals surface area contributed by atoms with Gasteiger partial charge in [0, 0.05) is 43.0 Å². The van der Waals surface area contributed by atoms with Crippen LogP contribution in [0.5, 0.6) is 5.75 Å². The van der Waals surface area contributed by atoms with Crippen molar-refractivity contribution < 1.29 is 5.11 Å². The third kappa shape index (κ3) is 2.79. The second-order valence-electron chi connectivity index (χ2n) is 5.39. The lowest BCUT2D eigenvalue weighted by Crippen LogP contribution is -2.08. The molecule has 3 heteroatoms. The fourth-order valence-electron chi connectivity index (χ4n) is 2.39. The summed E-state index contributed by atoms with van der Waals surface area (Å²) in [6, 6.07) is 15.7. The van der Waals surface area contributed by atoms with Crippen molar-refractivity contribution in [3.63, 3.8) is 0 Å². The van der Waals surface area contributed by atoms with Crippen LogP contribution in [0, 0.1) is 0 Å². The van der Waals surface area contributed by atoms with Gasteiger partial charge in [-0.15, -0.1) is 0 Å². The summed E-state index contributed by atoms with van der Waals surface area (Å²) < 4.78 is 0. The van der Waals surface area contributed by atoms with E-state index in [4.69, 9.17) is 0 Å². The highest BCUT2D eigenvalue weighted by atomic mass is 16.3. The first-order chi connectivity index (χ1) is 10.6. The summed E-state index contributed by atoms with van der Waals surface area (Å²) in [5.74, 6) is 0.279. The molecule has 22 heavy (non-hydrogen) atoms. The molecule has 3 nitrogen and oxygen atoms in total. The number of pyridine rings is 1. The van der Waals surface area contributed by atoms with Gasteiger partial charge in [-0.25, -0.2) is 0 Å². The van der Waals surface area contributed by atoms with Crippen LogP contribution in [0.1, 0.15) is 11.1 Å². The average Bonchev–Trinajstić information content (AvgIpc) is 2.53. The number of benzene rings is 2. The van der Waals surface area contributed by atoms with Gasteiger partial charge in [0.2, 0.25) is 0 Å². The lowest BCUT2D eigenvalue weighted by Gasteiger charge is -2.13. The molecule has 3 rings (SSSR count). The van der Waals surface area contributed by atoms with E-state index in [1.165, 1.54) is 0 Å². The maximum atomic E-state index is 10.1. The van der Waals surface area contributed by atoms with Crippen LogP contribution in [-0.4, -0.2) is 24.2 Å². The van der Waals surface area contributed by atoms with Crippen molar-refractivity contribution >= 4 is 28.7 Å². The van der Waals surface area contributed by atoms with Gasteiger partial charge in [0.25, 0.3) is 0 Å². The van der Waals surface area contributed by atoms with Crippen LogP contribution in [-0.2, 0) is 0 Å². The van der Waals surface area contributed by atoms with Crippen molar-refractivity contribution in [3.8, 4) is 5.75 Å². The Bertz CT molecular complexity index is 832. The van der Waals surface area contributed by atoms with Gasteiger partial charge in [-0.3, -0.25) is 4.98 Å². The maximum absolute atomic E-state index is 10.1. The smallest absolute Gasteiger partial charge is 0.124 e. The second kappa shape index (κ2) is 5.90. The minimum absolute atomic E-state index is 0.279. The van der Waals surface area contributed by atoms with E-state index in [1.807, 2.05) is 67.5 Å². The molecule has 2 aromatic carbocycles. The quantitative estimate of drug-likeness (QED) is 0.786. The number of fused-ring (bicyclic) bond motifs is 1. The molecule has 0 amide bonds. The third-order valence-electron chi connectivity index (χ3n) is 3.66. The number of hydrogen-bond acceptors (Lipinski definition) is 3. The largest absolute Gasteiger partial charge is 0.507 e. The molecule has 110 valence electrons. The van der Waals surface area contributed by atoms with Crippen LogP contribution in [0.2, 0.25) is 0 Å². The molecule has 0 fully saturated rings. The Hall–Kier alpha value is -2.81. The third-order valence-corrected chi connectivity index (χ3v) is 3.66. The molecule has 0 aliphatic heterocycles. The van der Waals surface area contributed by atoms with Gasteiger partial charge in [-0.05, 0) is 29.8 Å². The van der Waals surface area contributed by atoms with E-state index in [2.05, 4.69) is 11.1 Å². The molecule has 0 radical (unpaired) electrons. The highest BCUT2D eigenvalue weighted by molar-refractivity contribution is 5.90. The Morgan fingerprint density at radius 1 is 0.955 bits per heavy atom. The van der Waals surface area contributed by atoms with E-state index in [0.717, 1.165) is 27.7 Å². The van der Waals surface area contributed by atoms with Crippen molar-refractivity contribution in [1.82, 2.24) is 4.98 Å². The number of nitrogens with zero attached hydrogens (tertiary/aromatic N) is 2. The number of para-hydroxylation sites is 1. The Labute approximate surface area is 130 Å². The van der Waals surface area contributed by atoms with Crippen molar-refractivity contribution in [2.45, 2.75) is 0 Å². The molecule has 0 aliphatic carbocycles. The van der Waals surface area contributed by atoms with E-state index in [-0.39, 0.29) is 5.75 Å². The fourth-order valence-corrected chi connectivity index (χ4v) is 2.39. The molecule has 0 atom stereocenters. The van der Waals surface area contributed by atoms with Gasteiger partial charge in [-0.2, -0.15) is 0 Å².